The SMILES string of the molecule is Cc1ccc2c(c1)O[C@H](CCO)CO2. The molecule has 0 aliphatic carbocycles. The van der Waals surface area contributed by atoms with Gasteiger partial charge in [-0.15, -0.1) is 0 Å². The Morgan fingerprint density at radius 1 is 1.43 bits per heavy atom. The number of aliphatic hydroxyl groups is 1. The Kier molecular flexibility index (Phi) is 2.59. The number of benzene rings is 1. The summed E-state index contributed by atoms with van der Waals surface area (Å²) in [6.07, 6.45) is 0.599. The van der Waals surface area contributed by atoms with Gasteiger partial charge >= 0.3 is 0 Å². The first kappa shape index (κ1) is 9.34. The Morgan fingerprint density at radius 2 is 2.29 bits per heavy atom. The minimum atomic E-state index is -0.0192. The topological polar surface area (TPSA) is 38.7 Å². The molecule has 0 spiro atoms. The Balaban J connectivity index is 2.16. The van der Waals surface area contributed by atoms with Gasteiger partial charge in [0.15, 0.2) is 11.5 Å². The van der Waals surface area contributed by atoms with Crippen LogP contribution in [0.4, 0.5) is 0 Å². The van der Waals surface area contributed by atoms with Crippen LogP contribution in [0.2, 0.25) is 0 Å². The van der Waals surface area contributed by atoms with E-state index in [4.69, 9.17) is 14.6 Å². The molecule has 0 unspecified atom stereocenters. The van der Waals surface area contributed by atoms with Gasteiger partial charge in [0.25, 0.3) is 0 Å². The summed E-state index contributed by atoms with van der Waals surface area (Å²) < 4.78 is 11.2. The van der Waals surface area contributed by atoms with E-state index in [2.05, 4.69) is 0 Å². The van der Waals surface area contributed by atoms with Crippen molar-refractivity contribution in [3.8, 4) is 11.5 Å². The average molecular weight is 194 g/mol. The van der Waals surface area contributed by atoms with Crippen LogP contribution in [0, 0.1) is 6.92 Å². The molecule has 3 nitrogen and oxygen atoms in total. The van der Waals surface area contributed by atoms with Crippen molar-refractivity contribution >= 4 is 0 Å². The summed E-state index contributed by atoms with van der Waals surface area (Å²) in [6, 6.07) is 5.87. The van der Waals surface area contributed by atoms with Crippen LogP contribution in [0.15, 0.2) is 18.2 Å². The summed E-state index contributed by atoms with van der Waals surface area (Å²) in [5, 5.41) is 8.79. The van der Waals surface area contributed by atoms with Gasteiger partial charge in [-0.3, -0.25) is 0 Å². The molecule has 1 atom stereocenters. The van der Waals surface area contributed by atoms with Crippen LogP contribution in [-0.4, -0.2) is 24.4 Å². The molecule has 1 heterocycles. The molecule has 0 amide bonds. The van der Waals surface area contributed by atoms with Crippen LogP contribution in [0.1, 0.15) is 12.0 Å². The minimum absolute atomic E-state index is 0.0192. The summed E-state index contributed by atoms with van der Waals surface area (Å²) in [4.78, 5) is 0. The third kappa shape index (κ3) is 1.82. The quantitative estimate of drug-likeness (QED) is 0.775. The second kappa shape index (κ2) is 3.88. The van der Waals surface area contributed by atoms with E-state index in [-0.39, 0.29) is 12.7 Å². The Morgan fingerprint density at radius 3 is 3.07 bits per heavy atom. The lowest BCUT2D eigenvalue weighted by atomic mass is 10.2. The lowest BCUT2D eigenvalue weighted by molar-refractivity contribution is 0.0703. The van der Waals surface area contributed by atoms with E-state index in [1.807, 2.05) is 25.1 Å². The van der Waals surface area contributed by atoms with Gasteiger partial charge in [-0.05, 0) is 24.6 Å². The van der Waals surface area contributed by atoms with Crippen molar-refractivity contribution in [1.82, 2.24) is 0 Å². The second-order valence-electron chi connectivity index (χ2n) is 3.51. The lowest BCUT2D eigenvalue weighted by Crippen LogP contribution is -2.29. The molecule has 2 rings (SSSR count). The number of aryl methyl sites for hydroxylation is 1. The van der Waals surface area contributed by atoms with Gasteiger partial charge in [-0.2, -0.15) is 0 Å². The molecular weight excluding hydrogens is 180 g/mol. The van der Waals surface area contributed by atoms with E-state index in [1.165, 1.54) is 0 Å². The first-order chi connectivity index (χ1) is 6.79. The van der Waals surface area contributed by atoms with Crippen molar-refractivity contribution < 1.29 is 14.6 Å². The van der Waals surface area contributed by atoms with E-state index in [1.54, 1.807) is 0 Å². The molecule has 3 heteroatoms. The van der Waals surface area contributed by atoms with Crippen molar-refractivity contribution in [2.75, 3.05) is 13.2 Å². The molecule has 0 fully saturated rings. The first-order valence-electron chi connectivity index (χ1n) is 4.80. The van der Waals surface area contributed by atoms with Gasteiger partial charge in [-0.1, -0.05) is 6.07 Å². The zero-order valence-electron chi connectivity index (χ0n) is 8.19. The third-order valence-electron chi connectivity index (χ3n) is 2.27. The fraction of sp³-hybridized carbons (Fsp3) is 0.455. The largest absolute Gasteiger partial charge is 0.486 e. The number of rotatable bonds is 2. The van der Waals surface area contributed by atoms with Gasteiger partial charge in [0.2, 0.25) is 0 Å². The van der Waals surface area contributed by atoms with E-state index >= 15 is 0 Å². The van der Waals surface area contributed by atoms with E-state index in [0.717, 1.165) is 17.1 Å². The summed E-state index contributed by atoms with van der Waals surface area (Å²) in [5.74, 6) is 1.58. The van der Waals surface area contributed by atoms with E-state index in [0.29, 0.717) is 13.0 Å². The molecule has 76 valence electrons. The average Bonchev–Trinajstić information content (AvgIpc) is 2.17. The van der Waals surface area contributed by atoms with Crippen LogP contribution in [0.25, 0.3) is 0 Å². The zero-order chi connectivity index (χ0) is 9.97. The number of hydrogen-bond acceptors (Lipinski definition) is 3. The highest BCUT2D eigenvalue weighted by Gasteiger charge is 2.20. The zero-order valence-corrected chi connectivity index (χ0v) is 8.19. The monoisotopic (exact) mass is 194 g/mol. The number of ether oxygens (including phenoxy) is 2. The molecule has 0 bridgehead atoms. The molecule has 0 radical (unpaired) electrons. The molecule has 1 aliphatic heterocycles. The normalized spacial score (nSPS) is 19.4. The molecular formula is C11H14O3. The molecule has 1 N–H and O–H groups in total. The Hall–Kier alpha value is -1.22. The van der Waals surface area contributed by atoms with Gasteiger partial charge < -0.3 is 14.6 Å². The third-order valence-corrected chi connectivity index (χ3v) is 2.27. The summed E-state index contributed by atoms with van der Waals surface area (Å²) in [5.41, 5.74) is 1.15. The summed E-state index contributed by atoms with van der Waals surface area (Å²) >= 11 is 0. The molecule has 1 aromatic carbocycles. The van der Waals surface area contributed by atoms with Crippen molar-refractivity contribution in [3.05, 3.63) is 23.8 Å². The smallest absolute Gasteiger partial charge is 0.162 e. The maximum atomic E-state index is 8.79. The van der Waals surface area contributed by atoms with E-state index < -0.39 is 0 Å². The fourth-order valence-electron chi connectivity index (χ4n) is 1.51. The second-order valence-corrected chi connectivity index (χ2v) is 3.51. The molecule has 0 saturated carbocycles. The molecule has 0 aromatic heterocycles. The maximum absolute atomic E-state index is 8.79. The summed E-state index contributed by atoms with van der Waals surface area (Å²) in [6.45, 7) is 2.67. The summed E-state index contributed by atoms with van der Waals surface area (Å²) in [7, 11) is 0. The lowest BCUT2D eigenvalue weighted by Gasteiger charge is -2.26. The highest BCUT2D eigenvalue weighted by atomic mass is 16.6. The maximum Gasteiger partial charge on any atom is 0.162 e. The predicted molar refractivity (Wildman–Crippen MR) is 52.8 cm³/mol. The van der Waals surface area contributed by atoms with Crippen LogP contribution >= 0.6 is 0 Å². The number of aliphatic hydroxyl groups excluding tert-OH is 1. The van der Waals surface area contributed by atoms with Crippen LogP contribution < -0.4 is 9.47 Å². The molecule has 0 saturated heterocycles. The molecule has 1 aromatic rings. The van der Waals surface area contributed by atoms with Crippen LogP contribution in [-0.2, 0) is 0 Å². The highest BCUT2D eigenvalue weighted by molar-refractivity contribution is 5.43. The van der Waals surface area contributed by atoms with Gasteiger partial charge in [0, 0.05) is 13.0 Å². The fourth-order valence-corrected chi connectivity index (χ4v) is 1.51. The highest BCUT2D eigenvalue weighted by Crippen LogP contribution is 2.32. The Labute approximate surface area is 83.3 Å². The van der Waals surface area contributed by atoms with Crippen LogP contribution in [0.3, 0.4) is 0 Å². The first-order valence-corrected chi connectivity index (χ1v) is 4.80. The van der Waals surface area contributed by atoms with Gasteiger partial charge in [-0.25, -0.2) is 0 Å². The molecule has 14 heavy (non-hydrogen) atoms. The number of hydrogen-bond donors (Lipinski definition) is 1. The Bertz CT molecular complexity index is 322. The standard InChI is InChI=1S/C11H14O3/c1-8-2-3-10-11(6-8)14-9(4-5-12)7-13-10/h2-3,6,9,12H,4-5,7H2,1H3/t9-/m1/s1. The number of fused-ring (bicyclic) bond motifs is 1. The molecule has 1 aliphatic rings. The van der Waals surface area contributed by atoms with Crippen LogP contribution in [0.5, 0.6) is 11.5 Å². The van der Waals surface area contributed by atoms with Crippen molar-refractivity contribution in [2.24, 2.45) is 0 Å². The minimum Gasteiger partial charge on any atom is -0.486 e. The van der Waals surface area contributed by atoms with Crippen molar-refractivity contribution in [1.29, 1.82) is 0 Å². The van der Waals surface area contributed by atoms with Gasteiger partial charge in [0.1, 0.15) is 12.7 Å². The van der Waals surface area contributed by atoms with E-state index in [9.17, 15) is 0 Å². The van der Waals surface area contributed by atoms with Crippen molar-refractivity contribution in [3.63, 3.8) is 0 Å². The predicted octanol–water partition coefficient (Wildman–Crippen LogP) is 1.52. The van der Waals surface area contributed by atoms with Crippen molar-refractivity contribution in [2.45, 2.75) is 19.4 Å². The van der Waals surface area contributed by atoms with Gasteiger partial charge in [0.05, 0.1) is 0 Å².